The van der Waals surface area contributed by atoms with Crippen LogP contribution in [0.1, 0.15) is 35.7 Å². The van der Waals surface area contributed by atoms with Gasteiger partial charge in [0.05, 0.1) is 5.92 Å². The molecule has 2 unspecified atom stereocenters. The molecular formula is C13H15N3O. The van der Waals surface area contributed by atoms with E-state index in [0.29, 0.717) is 18.2 Å². The van der Waals surface area contributed by atoms with Crippen molar-refractivity contribution in [2.75, 3.05) is 0 Å². The predicted octanol–water partition coefficient (Wildman–Crippen LogP) is 1.65. The molecule has 0 saturated heterocycles. The van der Waals surface area contributed by atoms with E-state index in [1.165, 1.54) is 11.1 Å². The highest BCUT2D eigenvalue weighted by Crippen LogP contribution is 2.38. The molecule has 2 N–H and O–H groups in total. The third-order valence-corrected chi connectivity index (χ3v) is 3.15. The zero-order valence-electron chi connectivity index (χ0n) is 9.76. The van der Waals surface area contributed by atoms with E-state index >= 15 is 0 Å². The van der Waals surface area contributed by atoms with Crippen molar-refractivity contribution in [2.45, 2.75) is 31.7 Å². The molecule has 1 aliphatic rings. The van der Waals surface area contributed by atoms with E-state index in [1.807, 2.05) is 13.0 Å². The van der Waals surface area contributed by atoms with Gasteiger partial charge in [0.1, 0.15) is 0 Å². The van der Waals surface area contributed by atoms with Crippen LogP contribution < -0.4 is 5.73 Å². The Hall–Kier alpha value is -1.68. The van der Waals surface area contributed by atoms with Crippen LogP contribution in [-0.4, -0.2) is 16.2 Å². The molecule has 3 rings (SSSR count). The van der Waals surface area contributed by atoms with E-state index in [-0.39, 0.29) is 6.04 Å². The highest BCUT2D eigenvalue weighted by atomic mass is 16.5. The zero-order chi connectivity index (χ0) is 11.8. The smallest absolute Gasteiger partial charge is 0.228 e. The molecule has 4 heteroatoms. The van der Waals surface area contributed by atoms with Crippen LogP contribution in [0.25, 0.3) is 0 Å². The first-order valence-electron chi connectivity index (χ1n) is 5.90. The van der Waals surface area contributed by atoms with Crippen LogP contribution in [-0.2, 0) is 12.8 Å². The van der Waals surface area contributed by atoms with Crippen molar-refractivity contribution in [3.63, 3.8) is 0 Å². The van der Waals surface area contributed by atoms with Gasteiger partial charge in [0.15, 0.2) is 5.82 Å². The molecule has 2 aromatic rings. The van der Waals surface area contributed by atoms with Crippen LogP contribution in [0.2, 0.25) is 0 Å². The molecule has 2 atom stereocenters. The molecule has 0 bridgehead atoms. The molecule has 1 aromatic heterocycles. The maximum Gasteiger partial charge on any atom is 0.228 e. The molecule has 1 aliphatic carbocycles. The van der Waals surface area contributed by atoms with Gasteiger partial charge in [0.2, 0.25) is 5.89 Å². The normalized spacial score (nSPS) is 19.5. The van der Waals surface area contributed by atoms with Crippen LogP contribution in [0.15, 0.2) is 28.8 Å². The number of hydrogen-bond acceptors (Lipinski definition) is 4. The van der Waals surface area contributed by atoms with Crippen molar-refractivity contribution in [3.05, 3.63) is 47.1 Å². The molecule has 0 fully saturated rings. The molecule has 0 spiro atoms. The number of nitrogens with zero attached hydrogens (tertiary/aromatic N) is 2. The lowest BCUT2D eigenvalue weighted by atomic mass is 9.77. The zero-order valence-corrected chi connectivity index (χ0v) is 9.76. The fourth-order valence-electron chi connectivity index (χ4n) is 2.26. The third-order valence-electron chi connectivity index (χ3n) is 3.15. The summed E-state index contributed by atoms with van der Waals surface area (Å²) in [6.45, 7) is 1.93. The van der Waals surface area contributed by atoms with Gasteiger partial charge in [-0.3, -0.25) is 0 Å². The molecule has 0 amide bonds. The lowest BCUT2D eigenvalue weighted by Crippen LogP contribution is -2.20. The molecule has 0 aliphatic heterocycles. The van der Waals surface area contributed by atoms with Crippen LogP contribution in [0.4, 0.5) is 0 Å². The minimum absolute atomic E-state index is 0.0528. The minimum atomic E-state index is 0.0528. The van der Waals surface area contributed by atoms with Gasteiger partial charge in [-0.15, -0.1) is 0 Å². The summed E-state index contributed by atoms with van der Waals surface area (Å²) >= 11 is 0. The van der Waals surface area contributed by atoms with Crippen molar-refractivity contribution in [2.24, 2.45) is 5.73 Å². The molecule has 0 radical (unpaired) electrons. The number of rotatable bonds is 3. The summed E-state index contributed by atoms with van der Waals surface area (Å²) < 4.78 is 5.21. The summed E-state index contributed by atoms with van der Waals surface area (Å²) in [5.74, 6) is 1.73. The Balaban J connectivity index is 1.81. The van der Waals surface area contributed by atoms with Crippen molar-refractivity contribution in [3.8, 4) is 0 Å². The van der Waals surface area contributed by atoms with E-state index in [9.17, 15) is 0 Å². The molecule has 4 nitrogen and oxygen atoms in total. The van der Waals surface area contributed by atoms with Gasteiger partial charge in [0.25, 0.3) is 0 Å². The lowest BCUT2D eigenvalue weighted by Gasteiger charge is -2.27. The molecule has 1 aromatic carbocycles. The first-order valence-corrected chi connectivity index (χ1v) is 5.90. The monoisotopic (exact) mass is 229 g/mol. The summed E-state index contributed by atoms with van der Waals surface area (Å²) in [6, 6.07) is 8.44. The van der Waals surface area contributed by atoms with Crippen LogP contribution in [0.5, 0.6) is 0 Å². The topological polar surface area (TPSA) is 64.9 Å². The largest absolute Gasteiger partial charge is 0.339 e. The molecule has 1 heterocycles. The van der Waals surface area contributed by atoms with Crippen molar-refractivity contribution in [1.29, 1.82) is 0 Å². The summed E-state index contributed by atoms with van der Waals surface area (Å²) in [5.41, 5.74) is 8.41. The maximum atomic E-state index is 5.71. The fraction of sp³-hybridized carbons (Fsp3) is 0.385. The Morgan fingerprint density at radius 3 is 3.06 bits per heavy atom. The average Bonchev–Trinajstić information content (AvgIpc) is 2.67. The van der Waals surface area contributed by atoms with E-state index in [0.717, 1.165) is 12.2 Å². The standard InChI is InChI=1S/C13H15N3O/c1-8(14)6-12-15-13(16-17-12)11-7-9-4-2-3-5-10(9)11/h2-5,8,11H,6-7,14H2,1H3. The summed E-state index contributed by atoms with van der Waals surface area (Å²) in [7, 11) is 0. The molecule has 0 saturated carbocycles. The molecule has 17 heavy (non-hydrogen) atoms. The summed E-state index contributed by atoms with van der Waals surface area (Å²) in [4.78, 5) is 4.41. The number of hydrogen-bond donors (Lipinski definition) is 1. The second kappa shape index (κ2) is 3.96. The summed E-state index contributed by atoms with van der Waals surface area (Å²) in [6.07, 6.45) is 1.65. The van der Waals surface area contributed by atoms with Gasteiger partial charge in [0, 0.05) is 12.5 Å². The fourth-order valence-corrected chi connectivity index (χ4v) is 2.26. The lowest BCUT2D eigenvalue weighted by molar-refractivity contribution is 0.364. The third kappa shape index (κ3) is 1.85. The molecular weight excluding hydrogens is 214 g/mol. The first kappa shape index (κ1) is 10.5. The minimum Gasteiger partial charge on any atom is -0.339 e. The van der Waals surface area contributed by atoms with E-state index in [2.05, 4.69) is 28.3 Å². The van der Waals surface area contributed by atoms with Crippen molar-refractivity contribution >= 4 is 0 Å². The Morgan fingerprint density at radius 2 is 2.29 bits per heavy atom. The molecule has 88 valence electrons. The maximum absolute atomic E-state index is 5.71. The van der Waals surface area contributed by atoms with Gasteiger partial charge >= 0.3 is 0 Å². The Labute approximate surface area is 99.8 Å². The van der Waals surface area contributed by atoms with Gasteiger partial charge in [-0.25, -0.2) is 0 Å². The average molecular weight is 229 g/mol. The van der Waals surface area contributed by atoms with Crippen LogP contribution >= 0.6 is 0 Å². The van der Waals surface area contributed by atoms with E-state index in [4.69, 9.17) is 10.3 Å². The second-order valence-electron chi connectivity index (χ2n) is 4.68. The SMILES string of the molecule is CC(N)Cc1nc(C2Cc3ccccc32)no1. The Morgan fingerprint density at radius 1 is 1.47 bits per heavy atom. The number of aromatic nitrogens is 2. The second-order valence-corrected chi connectivity index (χ2v) is 4.68. The Bertz CT molecular complexity index is 533. The van der Waals surface area contributed by atoms with E-state index in [1.54, 1.807) is 0 Å². The predicted molar refractivity (Wildman–Crippen MR) is 63.6 cm³/mol. The number of benzene rings is 1. The van der Waals surface area contributed by atoms with Crippen LogP contribution in [0.3, 0.4) is 0 Å². The Kier molecular flexibility index (Phi) is 2.44. The highest BCUT2D eigenvalue weighted by molar-refractivity contribution is 5.43. The first-order chi connectivity index (χ1) is 8.24. The quantitative estimate of drug-likeness (QED) is 0.869. The highest BCUT2D eigenvalue weighted by Gasteiger charge is 2.30. The van der Waals surface area contributed by atoms with E-state index < -0.39 is 0 Å². The van der Waals surface area contributed by atoms with Gasteiger partial charge in [-0.05, 0) is 24.5 Å². The van der Waals surface area contributed by atoms with Crippen LogP contribution in [0, 0.1) is 0 Å². The van der Waals surface area contributed by atoms with Gasteiger partial charge < -0.3 is 10.3 Å². The summed E-state index contributed by atoms with van der Waals surface area (Å²) in [5, 5.41) is 4.05. The van der Waals surface area contributed by atoms with Gasteiger partial charge in [-0.2, -0.15) is 4.98 Å². The van der Waals surface area contributed by atoms with Crippen molar-refractivity contribution in [1.82, 2.24) is 10.1 Å². The van der Waals surface area contributed by atoms with Gasteiger partial charge in [-0.1, -0.05) is 29.4 Å². The number of nitrogens with two attached hydrogens (primary N) is 1. The number of fused-ring (bicyclic) bond motifs is 1. The van der Waals surface area contributed by atoms with Crippen molar-refractivity contribution < 1.29 is 4.52 Å².